The van der Waals surface area contributed by atoms with Crippen LogP contribution in [0.1, 0.15) is 24.3 Å². The highest BCUT2D eigenvalue weighted by atomic mass is 19.3. The Labute approximate surface area is 87.5 Å². The van der Waals surface area contributed by atoms with Crippen LogP contribution < -0.4 is 5.32 Å². The van der Waals surface area contributed by atoms with Crippen LogP contribution in [0.5, 0.6) is 0 Å². The topological polar surface area (TPSA) is 12.0 Å². The lowest BCUT2D eigenvalue weighted by Gasteiger charge is -2.26. The minimum atomic E-state index is -2.41. The summed E-state index contributed by atoms with van der Waals surface area (Å²) in [5, 5.41) is 3.26. The highest BCUT2D eigenvalue weighted by molar-refractivity contribution is 5.55. The molecule has 1 N–H and O–H groups in total. The fraction of sp³-hybridized carbons (Fsp3) is 0.500. The Morgan fingerprint density at radius 2 is 2.00 bits per heavy atom. The van der Waals surface area contributed by atoms with Gasteiger partial charge in [0.05, 0.1) is 0 Å². The van der Waals surface area contributed by atoms with Gasteiger partial charge in [0.2, 0.25) is 0 Å². The molecule has 1 aromatic rings. The molecule has 0 bridgehead atoms. The van der Waals surface area contributed by atoms with Crippen molar-refractivity contribution in [2.75, 3.05) is 11.9 Å². The van der Waals surface area contributed by atoms with E-state index in [9.17, 15) is 8.78 Å². The van der Waals surface area contributed by atoms with E-state index in [1.807, 2.05) is 24.3 Å². The fourth-order valence-electron chi connectivity index (χ4n) is 2.59. The first-order valence-corrected chi connectivity index (χ1v) is 5.39. The van der Waals surface area contributed by atoms with Crippen molar-refractivity contribution in [1.29, 1.82) is 0 Å². The van der Waals surface area contributed by atoms with Crippen molar-refractivity contribution >= 4 is 5.69 Å². The van der Waals surface area contributed by atoms with Gasteiger partial charge in [-0.25, -0.2) is 8.78 Å². The van der Waals surface area contributed by atoms with Crippen molar-refractivity contribution in [3.8, 4) is 0 Å². The number of halogens is 2. The molecule has 2 aliphatic rings. The van der Waals surface area contributed by atoms with Gasteiger partial charge in [-0.15, -0.1) is 0 Å². The van der Waals surface area contributed by atoms with Crippen LogP contribution in [0.15, 0.2) is 24.3 Å². The van der Waals surface area contributed by atoms with E-state index in [2.05, 4.69) is 5.32 Å². The number of nitrogens with one attached hydrogen (secondary N) is 1. The van der Waals surface area contributed by atoms with Gasteiger partial charge >= 0.3 is 0 Å². The van der Waals surface area contributed by atoms with E-state index in [1.165, 1.54) is 0 Å². The maximum atomic E-state index is 13.1. The Kier molecular flexibility index (Phi) is 1.79. The Balaban J connectivity index is 1.94. The fourth-order valence-corrected chi connectivity index (χ4v) is 2.59. The van der Waals surface area contributed by atoms with Gasteiger partial charge in [-0.05, 0) is 24.0 Å². The first-order chi connectivity index (χ1) is 7.18. The third kappa shape index (κ3) is 1.41. The predicted molar refractivity (Wildman–Crippen MR) is 55.3 cm³/mol. The zero-order chi connectivity index (χ0) is 10.5. The number of alkyl halides is 2. The summed E-state index contributed by atoms with van der Waals surface area (Å²) in [6.45, 7) is 0.814. The van der Waals surface area contributed by atoms with Gasteiger partial charge in [0.1, 0.15) is 0 Å². The second-order valence-corrected chi connectivity index (χ2v) is 4.48. The second kappa shape index (κ2) is 2.94. The number of para-hydroxylation sites is 1. The van der Waals surface area contributed by atoms with E-state index < -0.39 is 11.8 Å². The van der Waals surface area contributed by atoms with E-state index in [1.54, 1.807) is 0 Å². The van der Waals surface area contributed by atoms with Crippen molar-refractivity contribution in [1.82, 2.24) is 0 Å². The molecule has 1 nitrogen and oxygen atoms in total. The minimum absolute atomic E-state index is 0.0532. The van der Waals surface area contributed by atoms with Gasteiger partial charge in [0, 0.05) is 24.6 Å². The molecule has 2 unspecified atom stereocenters. The lowest BCUT2D eigenvalue weighted by Crippen LogP contribution is -2.19. The smallest absolute Gasteiger partial charge is 0.252 e. The molecule has 3 rings (SSSR count). The molecule has 1 aliphatic carbocycles. The molecule has 15 heavy (non-hydrogen) atoms. The Morgan fingerprint density at radius 1 is 1.27 bits per heavy atom. The Hall–Kier alpha value is -1.12. The molecular weight excluding hydrogens is 196 g/mol. The summed E-state index contributed by atoms with van der Waals surface area (Å²) in [7, 11) is 0. The van der Waals surface area contributed by atoms with Crippen molar-refractivity contribution < 1.29 is 8.78 Å². The number of hydrogen-bond acceptors (Lipinski definition) is 1. The second-order valence-electron chi connectivity index (χ2n) is 4.48. The van der Waals surface area contributed by atoms with Crippen molar-refractivity contribution in [2.45, 2.75) is 24.7 Å². The summed E-state index contributed by atoms with van der Waals surface area (Å²) in [5.41, 5.74) is 2.11. The third-order valence-electron chi connectivity index (χ3n) is 3.49. The summed E-state index contributed by atoms with van der Waals surface area (Å²) in [4.78, 5) is 0. The lowest BCUT2D eigenvalue weighted by atomic mass is 9.87. The van der Waals surface area contributed by atoms with Crippen LogP contribution in [0.3, 0.4) is 0 Å². The molecule has 0 aromatic heterocycles. The van der Waals surface area contributed by atoms with Crippen LogP contribution in [0.4, 0.5) is 14.5 Å². The number of rotatable bonds is 1. The molecule has 0 saturated heterocycles. The van der Waals surface area contributed by atoms with E-state index in [-0.39, 0.29) is 12.3 Å². The van der Waals surface area contributed by atoms with Crippen LogP contribution in [0, 0.1) is 5.92 Å². The Bertz CT molecular complexity index is 389. The van der Waals surface area contributed by atoms with Gasteiger partial charge in [0.15, 0.2) is 0 Å². The summed E-state index contributed by atoms with van der Waals surface area (Å²) in [6, 6.07) is 7.82. The number of fused-ring (bicyclic) bond motifs is 1. The van der Waals surface area contributed by atoms with E-state index in [0.717, 1.165) is 24.2 Å². The average Bonchev–Trinajstić information content (AvgIpc) is 2.87. The average molecular weight is 209 g/mol. The highest BCUT2D eigenvalue weighted by Crippen LogP contribution is 2.58. The Morgan fingerprint density at radius 3 is 2.73 bits per heavy atom. The maximum Gasteiger partial charge on any atom is 0.252 e. The summed E-state index contributed by atoms with van der Waals surface area (Å²) in [6.07, 6.45) is 0.906. The standard InChI is InChI=1S/C12H13F2N/c13-12(14)7-10(12)8-5-6-15-11-4-2-1-3-9(8)11/h1-4,8,10,15H,5-7H2. The van der Waals surface area contributed by atoms with Crippen LogP contribution in [0.2, 0.25) is 0 Å². The number of anilines is 1. The molecule has 1 fully saturated rings. The van der Waals surface area contributed by atoms with Gasteiger partial charge in [-0.2, -0.15) is 0 Å². The molecule has 1 aromatic carbocycles. The largest absolute Gasteiger partial charge is 0.385 e. The van der Waals surface area contributed by atoms with Crippen molar-refractivity contribution in [3.05, 3.63) is 29.8 Å². The molecule has 1 aliphatic heterocycles. The summed E-state index contributed by atoms with van der Waals surface area (Å²) < 4.78 is 26.1. The monoisotopic (exact) mass is 209 g/mol. The first kappa shape index (κ1) is 9.13. The van der Waals surface area contributed by atoms with Gasteiger partial charge in [0.25, 0.3) is 5.92 Å². The zero-order valence-electron chi connectivity index (χ0n) is 8.34. The normalized spacial score (nSPS) is 31.6. The van der Waals surface area contributed by atoms with E-state index in [4.69, 9.17) is 0 Å². The molecular formula is C12H13F2N. The highest BCUT2D eigenvalue weighted by Gasteiger charge is 2.60. The number of hydrogen-bond donors (Lipinski definition) is 1. The van der Waals surface area contributed by atoms with Crippen molar-refractivity contribution in [2.24, 2.45) is 5.92 Å². The predicted octanol–water partition coefficient (Wildman–Crippen LogP) is 3.24. The molecule has 0 spiro atoms. The molecule has 1 saturated carbocycles. The van der Waals surface area contributed by atoms with Crippen LogP contribution in [-0.2, 0) is 0 Å². The van der Waals surface area contributed by atoms with Crippen LogP contribution in [0.25, 0.3) is 0 Å². The minimum Gasteiger partial charge on any atom is -0.385 e. The SMILES string of the molecule is FC1(F)CC1C1CCNc2ccccc21. The van der Waals surface area contributed by atoms with E-state index in [0.29, 0.717) is 0 Å². The summed E-state index contributed by atoms with van der Waals surface area (Å²) >= 11 is 0. The molecule has 2 atom stereocenters. The first-order valence-electron chi connectivity index (χ1n) is 5.39. The third-order valence-corrected chi connectivity index (χ3v) is 3.49. The van der Waals surface area contributed by atoms with Crippen LogP contribution in [-0.4, -0.2) is 12.5 Å². The summed E-state index contributed by atoms with van der Waals surface area (Å²) in [5.74, 6) is -2.77. The quantitative estimate of drug-likeness (QED) is 0.748. The zero-order valence-corrected chi connectivity index (χ0v) is 8.34. The van der Waals surface area contributed by atoms with Crippen LogP contribution >= 0.6 is 0 Å². The van der Waals surface area contributed by atoms with Gasteiger partial charge in [-0.1, -0.05) is 18.2 Å². The molecule has 0 amide bonds. The van der Waals surface area contributed by atoms with E-state index >= 15 is 0 Å². The molecule has 3 heteroatoms. The maximum absolute atomic E-state index is 13.1. The van der Waals surface area contributed by atoms with Crippen molar-refractivity contribution in [3.63, 3.8) is 0 Å². The number of benzene rings is 1. The molecule has 1 heterocycles. The van der Waals surface area contributed by atoms with Gasteiger partial charge < -0.3 is 5.32 Å². The van der Waals surface area contributed by atoms with Gasteiger partial charge in [-0.3, -0.25) is 0 Å². The lowest BCUT2D eigenvalue weighted by molar-refractivity contribution is 0.0920. The molecule has 0 radical (unpaired) electrons. The molecule has 80 valence electrons.